The number of hydrogen-bond donors (Lipinski definition) is 0. The number of para-hydroxylation sites is 1. The van der Waals surface area contributed by atoms with Crippen LogP contribution in [0.3, 0.4) is 0 Å². The summed E-state index contributed by atoms with van der Waals surface area (Å²) in [6.07, 6.45) is 7.43. The Morgan fingerprint density at radius 2 is 2.07 bits per heavy atom. The highest BCUT2D eigenvalue weighted by molar-refractivity contribution is 7.22. The molecule has 140 valence electrons. The Hall–Kier alpha value is -3.24. The first-order valence-corrected chi connectivity index (χ1v) is 9.96. The fourth-order valence-corrected chi connectivity index (χ4v) is 4.02. The second-order valence-corrected chi connectivity index (χ2v) is 7.30. The lowest BCUT2D eigenvalue weighted by Crippen LogP contribution is -2.42. The zero-order chi connectivity index (χ0) is 19.2. The summed E-state index contributed by atoms with van der Waals surface area (Å²) in [7, 11) is 0. The molecule has 1 unspecified atom stereocenters. The Balaban J connectivity index is 1.49. The molecule has 2 aromatic heterocycles. The van der Waals surface area contributed by atoms with Crippen molar-refractivity contribution in [3.63, 3.8) is 0 Å². The summed E-state index contributed by atoms with van der Waals surface area (Å²) < 4.78 is 7.09. The van der Waals surface area contributed by atoms with Crippen LogP contribution in [-0.4, -0.2) is 28.6 Å². The van der Waals surface area contributed by atoms with Crippen LogP contribution in [0.5, 0.6) is 0 Å². The van der Waals surface area contributed by atoms with Crippen LogP contribution in [0.25, 0.3) is 10.2 Å². The number of fused-ring (bicyclic) bond motifs is 1. The number of anilines is 1. The van der Waals surface area contributed by atoms with Gasteiger partial charge in [0, 0.05) is 18.1 Å². The van der Waals surface area contributed by atoms with Gasteiger partial charge in [0.25, 0.3) is 6.02 Å². The van der Waals surface area contributed by atoms with Crippen molar-refractivity contribution in [2.24, 2.45) is 4.99 Å². The predicted octanol–water partition coefficient (Wildman–Crippen LogP) is 4.31. The van der Waals surface area contributed by atoms with E-state index in [0.717, 1.165) is 33.9 Å². The first-order valence-electron chi connectivity index (χ1n) is 9.14. The molecule has 3 heterocycles. The Bertz CT molecular complexity index is 1000. The van der Waals surface area contributed by atoms with Crippen molar-refractivity contribution in [2.75, 3.05) is 11.5 Å². The maximum Gasteiger partial charge on any atom is 0.299 e. The van der Waals surface area contributed by atoms with Gasteiger partial charge in [-0.25, -0.2) is 9.98 Å². The molecule has 1 aliphatic rings. The second-order valence-electron chi connectivity index (χ2n) is 6.29. The summed E-state index contributed by atoms with van der Waals surface area (Å²) >= 11 is 1.57. The summed E-state index contributed by atoms with van der Waals surface area (Å²) in [5.41, 5.74) is 1.98. The molecule has 0 amide bonds. The quantitative estimate of drug-likeness (QED) is 0.587. The summed E-state index contributed by atoms with van der Waals surface area (Å²) in [5, 5.41) is 10.0. The molecule has 6 nitrogen and oxygen atoms in total. The van der Waals surface area contributed by atoms with Gasteiger partial charge in [-0.2, -0.15) is 5.26 Å². The molecule has 1 aliphatic heterocycles. The zero-order valence-corrected chi connectivity index (χ0v) is 16.0. The molecule has 0 bridgehead atoms. The van der Waals surface area contributed by atoms with Crippen LogP contribution in [0.4, 0.5) is 5.13 Å². The van der Waals surface area contributed by atoms with Crippen molar-refractivity contribution in [1.82, 2.24) is 9.97 Å². The number of thiazole rings is 1. The fourth-order valence-electron chi connectivity index (χ4n) is 3.01. The third kappa shape index (κ3) is 4.02. The molecule has 0 spiro atoms. The maximum atomic E-state index is 9.23. The van der Waals surface area contributed by atoms with Gasteiger partial charge >= 0.3 is 0 Å². The van der Waals surface area contributed by atoms with Gasteiger partial charge in [-0.1, -0.05) is 29.5 Å². The van der Waals surface area contributed by atoms with Gasteiger partial charge in [-0.3, -0.25) is 9.88 Å². The average Bonchev–Trinajstić information content (AvgIpc) is 3.16. The number of rotatable bonds is 6. The molecule has 0 saturated carbocycles. The Labute approximate surface area is 167 Å². The largest absolute Gasteiger partial charge is 0.465 e. The molecule has 7 heteroatoms. The van der Waals surface area contributed by atoms with E-state index >= 15 is 0 Å². The van der Waals surface area contributed by atoms with E-state index in [-0.39, 0.29) is 6.04 Å². The number of aromatic nitrogens is 2. The Morgan fingerprint density at radius 1 is 1.18 bits per heavy atom. The number of benzene rings is 1. The van der Waals surface area contributed by atoms with E-state index in [0.29, 0.717) is 19.0 Å². The van der Waals surface area contributed by atoms with Crippen molar-refractivity contribution >= 4 is 32.7 Å². The molecule has 0 radical (unpaired) electrons. The molecule has 1 atom stereocenters. The molecular weight excluding hydrogens is 370 g/mol. The summed E-state index contributed by atoms with van der Waals surface area (Å²) in [6.45, 7) is 0.518. The Kier molecular flexibility index (Phi) is 5.59. The minimum Gasteiger partial charge on any atom is -0.465 e. The number of aryl methyl sites for hydroxylation is 1. The van der Waals surface area contributed by atoms with Gasteiger partial charge in [-0.05, 0) is 43.2 Å². The van der Waals surface area contributed by atoms with Gasteiger partial charge in [0.1, 0.15) is 0 Å². The number of nitriles is 1. The lowest BCUT2D eigenvalue weighted by Gasteiger charge is -2.30. The third-order valence-electron chi connectivity index (χ3n) is 4.35. The fraction of sp³-hybridized carbons (Fsp3) is 0.238. The number of hydrogen-bond acceptors (Lipinski definition) is 7. The summed E-state index contributed by atoms with van der Waals surface area (Å²) in [5.74, 6) is 0. The van der Waals surface area contributed by atoms with E-state index in [1.807, 2.05) is 53.4 Å². The number of pyridine rings is 1. The predicted molar refractivity (Wildman–Crippen MR) is 111 cm³/mol. The van der Waals surface area contributed by atoms with E-state index in [2.05, 4.69) is 16.0 Å². The standard InChI is InChI=1S/C21H19N5OS/c22-12-10-17-11-14-24-20(27-15-5-7-16-6-3-4-13-23-16)26(17)21-25-18-8-1-2-9-19(18)28-21/h1-4,6,8-9,11,13-14,17H,5,7,10,15H2. The number of aliphatic imine (C=N–C) groups is 1. The van der Waals surface area contributed by atoms with Crippen LogP contribution < -0.4 is 4.90 Å². The molecule has 4 rings (SSSR count). The zero-order valence-electron chi connectivity index (χ0n) is 15.2. The highest BCUT2D eigenvalue weighted by Crippen LogP contribution is 2.32. The molecule has 0 aliphatic carbocycles. The Morgan fingerprint density at radius 3 is 2.89 bits per heavy atom. The number of amidine groups is 1. The first-order chi connectivity index (χ1) is 13.8. The van der Waals surface area contributed by atoms with Gasteiger partial charge in [0.15, 0.2) is 5.13 Å². The SMILES string of the molecule is N#CCC1C=CN=C(OCCCc2ccccn2)N1c1nc2ccccc2s1. The van der Waals surface area contributed by atoms with Crippen molar-refractivity contribution < 1.29 is 4.74 Å². The summed E-state index contributed by atoms with van der Waals surface area (Å²) in [6, 6.07) is 16.5. The van der Waals surface area contributed by atoms with E-state index in [1.165, 1.54) is 0 Å². The van der Waals surface area contributed by atoms with E-state index in [9.17, 15) is 5.26 Å². The lowest BCUT2D eigenvalue weighted by molar-refractivity contribution is 0.287. The van der Waals surface area contributed by atoms with Crippen LogP contribution in [0.15, 0.2) is 65.9 Å². The van der Waals surface area contributed by atoms with Crippen molar-refractivity contribution in [3.05, 3.63) is 66.6 Å². The molecule has 3 aromatic rings. The van der Waals surface area contributed by atoms with Crippen LogP contribution >= 0.6 is 11.3 Å². The van der Waals surface area contributed by atoms with Gasteiger partial charge in [0.05, 0.1) is 35.4 Å². The van der Waals surface area contributed by atoms with Crippen LogP contribution in [0, 0.1) is 11.3 Å². The third-order valence-corrected chi connectivity index (χ3v) is 5.39. The molecule has 0 saturated heterocycles. The van der Waals surface area contributed by atoms with E-state index in [1.54, 1.807) is 23.7 Å². The van der Waals surface area contributed by atoms with Gasteiger partial charge in [0.2, 0.25) is 0 Å². The van der Waals surface area contributed by atoms with Gasteiger partial charge in [-0.15, -0.1) is 0 Å². The minimum atomic E-state index is -0.145. The highest BCUT2D eigenvalue weighted by atomic mass is 32.1. The summed E-state index contributed by atoms with van der Waals surface area (Å²) in [4.78, 5) is 15.4. The highest BCUT2D eigenvalue weighted by Gasteiger charge is 2.28. The van der Waals surface area contributed by atoms with Crippen molar-refractivity contribution in [3.8, 4) is 6.07 Å². The first kappa shape index (κ1) is 18.1. The molecule has 28 heavy (non-hydrogen) atoms. The van der Waals surface area contributed by atoms with E-state index < -0.39 is 0 Å². The topological polar surface area (TPSA) is 74.4 Å². The normalized spacial score (nSPS) is 16.0. The van der Waals surface area contributed by atoms with Crippen LogP contribution in [-0.2, 0) is 11.2 Å². The molecular formula is C21H19N5OS. The smallest absolute Gasteiger partial charge is 0.299 e. The van der Waals surface area contributed by atoms with Crippen molar-refractivity contribution in [1.29, 1.82) is 5.26 Å². The monoisotopic (exact) mass is 389 g/mol. The van der Waals surface area contributed by atoms with Gasteiger partial charge < -0.3 is 4.74 Å². The average molecular weight is 389 g/mol. The molecule has 1 aromatic carbocycles. The van der Waals surface area contributed by atoms with Crippen LogP contribution in [0.2, 0.25) is 0 Å². The van der Waals surface area contributed by atoms with E-state index in [4.69, 9.17) is 9.72 Å². The number of nitrogens with zero attached hydrogens (tertiary/aromatic N) is 5. The molecule has 0 N–H and O–H groups in total. The lowest BCUT2D eigenvalue weighted by atomic mass is 10.2. The second kappa shape index (κ2) is 8.63. The van der Waals surface area contributed by atoms with Crippen molar-refractivity contribution in [2.45, 2.75) is 25.3 Å². The molecule has 0 fully saturated rings. The van der Waals surface area contributed by atoms with Crippen LogP contribution in [0.1, 0.15) is 18.5 Å². The number of ether oxygens (including phenoxy) is 1. The maximum absolute atomic E-state index is 9.23. The minimum absolute atomic E-state index is 0.145.